The summed E-state index contributed by atoms with van der Waals surface area (Å²) in [6, 6.07) is 83.5. The molecule has 1 aliphatic carbocycles. The second kappa shape index (κ2) is 14.1. The lowest BCUT2D eigenvalue weighted by Gasteiger charge is -2.34. The van der Waals surface area contributed by atoms with Gasteiger partial charge in [0.1, 0.15) is 0 Å². The summed E-state index contributed by atoms with van der Waals surface area (Å²) < 4.78 is 0. The Kier molecular flexibility index (Phi) is 8.11. The molecule has 0 N–H and O–H groups in total. The van der Waals surface area contributed by atoms with Crippen molar-refractivity contribution in [2.24, 2.45) is 0 Å². The van der Waals surface area contributed by atoms with Crippen molar-refractivity contribution < 1.29 is 0 Å². The van der Waals surface area contributed by atoms with Crippen LogP contribution in [0.3, 0.4) is 0 Å². The maximum atomic E-state index is 5.43. The topological polar surface area (TPSA) is 25.8 Å². The van der Waals surface area contributed by atoms with Gasteiger partial charge in [-0.25, -0.2) is 9.97 Å². The fourth-order valence-corrected chi connectivity index (χ4v) is 10.1. The lowest BCUT2D eigenvalue weighted by Crippen LogP contribution is -2.28. The molecule has 0 radical (unpaired) electrons. The van der Waals surface area contributed by atoms with Crippen molar-refractivity contribution in [2.75, 3.05) is 0 Å². The number of nitrogens with zero attached hydrogens (tertiary/aromatic N) is 2. The molecule has 0 unspecified atom stereocenters. The van der Waals surface area contributed by atoms with Gasteiger partial charge in [-0.3, -0.25) is 0 Å². The van der Waals surface area contributed by atoms with Gasteiger partial charge in [-0.2, -0.15) is 0 Å². The predicted octanol–water partition coefficient (Wildman–Crippen LogP) is 15.0. The van der Waals surface area contributed by atoms with Crippen molar-refractivity contribution in [3.8, 4) is 56.2 Å². The first kappa shape index (κ1) is 35.0. The minimum Gasteiger partial charge on any atom is -0.228 e. The maximum Gasteiger partial charge on any atom is 0.161 e. The van der Waals surface area contributed by atoms with Crippen LogP contribution in [-0.4, -0.2) is 9.97 Å². The standard InChI is InChI=1S/C59H38N2/c1-3-21-43(22-4-1)59(44-23-5-2-6-24-44)53-31-14-13-28-52(53)57-50(30-16-32-54(57)59)48-35-36-51(47-27-12-11-26-46(47)48)58-60-55(42-34-33-39-17-7-8-19-41(39)37-42)38-56(61-58)49-29-15-20-40-18-9-10-25-45(40)49/h1-38H. The van der Waals surface area contributed by atoms with Gasteiger partial charge >= 0.3 is 0 Å². The molecule has 2 heteroatoms. The molecule has 0 atom stereocenters. The first-order chi connectivity index (χ1) is 30.3. The van der Waals surface area contributed by atoms with E-state index in [1.165, 1.54) is 66.1 Å². The summed E-state index contributed by atoms with van der Waals surface area (Å²) in [5.74, 6) is 0.701. The zero-order valence-corrected chi connectivity index (χ0v) is 33.3. The molecule has 0 fully saturated rings. The molecular weight excluding hydrogens is 737 g/mol. The van der Waals surface area contributed by atoms with Crippen molar-refractivity contribution in [3.63, 3.8) is 0 Å². The van der Waals surface area contributed by atoms with Gasteiger partial charge in [0, 0.05) is 16.7 Å². The van der Waals surface area contributed by atoms with Gasteiger partial charge in [0.15, 0.2) is 5.82 Å². The third-order valence-corrected chi connectivity index (χ3v) is 12.8. The minimum atomic E-state index is -0.477. The predicted molar refractivity (Wildman–Crippen MR) is 254 cm³/mol. The van der Waals surface area contributed by atoms with E-state index in [9.17, 15) is 0 Å². The Morgan fingerprint density at radius 1 is 0.295 bits per heavy atom. The molecule has 1 aromatic heterocycles. The lowest BCUT2D eigenvalue weighted by atomic mass is 9.67. The van der Waals surface area contributed by atoms with E-state index in [4.69, 9.17) is 9.97 Å². The smallest absolute Gasteiger partial charge is 0.161 e. The van der Waals surface area contributed by atoms with Crippen LogP contribution in [0.2, 0.25) is 0 Å². The number of aromatic nitrogens is 2. The highest BCUT2D eigenvalue weighted by Gasteiger charge is 2.46. The normalized spacial score (nSPS) is 12.7. The Morgan fingerprint density at radius 3 is 1.62 bits per heavy atom. The second-order valence-corrected chi connectivity index (χ2v) is 16.0. The molecule has 61 heavy (non-hydrogen) atoms. The Morgan fingerprint density at radius 2 is 0.836 bits per heavy atom. The van der Waals surface area contributed by atoms with Gasteiger partial charge < -0.3 is 0 Å². The summed E-state index contributed by atoms with van der Waals surface area (Å²) in [4.78, 5) is 10.8. The first-order valence-electron chi connectivity index (χ1n) is 21.0. The highest BCUT2D eigenvalue weighted by molar-refractivity contribution is 6.08. The number of rotatable bonds is 6. The number of benzene rings is 10. The van der Waals surface area contributed by atoms with Crippen LogP contribution in [-0.2, 0) is 5.41 Å². The minimum absolute atomic E-state index is 0.477. The second-order valence-electron chi connectivity index (χ2n) is 16.0. The van der Waals surface area contributed by atoms with E-state index < -0.39 is 5.41 Å². The van der Waals surface area contributed by atoms with Crippen LogP contribution in [0.1, 0.15) is 22.3 Å². The van der Waals surface area contributed by atoms with Crippen LogP contribution in [0.15, 0.2) is 231 Å². The summed E-state index contributed by atoms with van der Waals surface area (Å²) in [7, 11) is 0. The molecule has 0 aliphatic heterocycles. The first-order valence-corrected chi connectivity index (χ1v) is 21.0. The van der Waals surface area contributed by atoms with E-state index in [-0.39, 0.29) is 0 Å². The Labute approximate surface area is 355 Å². The summed E-state index contributed by atoms with van der Waals surface area (Å²) >= 11 is 0. The van der Waals surface area contributed by atoms with E-state index >= 15 is 0 Å². The molecule has 284 valence electrons. The molecule has 11 aromatic rings. The van der Waals surface area contributed by atoms with Crippen molar-refractivity contribution >= 4 is 32.3 Å². The fourth-order valence-electron chi connectivity index (χ4n) is 10.1. The Hall–Kier alpha value is -7.94. The lowest BCUT2D eigenvalue weighted by molar-refractivity contribution is 0.768. The molecule has 10 aromatic carbocycles. The summed E-state index contributed by atoms with van der Waals surface area (Å²) in [5, 5.41) is 7.01. The van der Waals surface area contributed by atoms with Crippen LogP contribution < -0.4 is 0 Å². The quantitative estimate of drug-likeness (QED) is 0.168. The van der Waals surface area contributed by atoms with Crippen LogP contribution in [0.5, 0.6) is 0 Å². The zero-order chi connectivity index (χ0) is 40.3. The highest BCUT2D eigenvalue weighted by atomic mass is 14.9. The third kappa shape index (κ3) is 5.50. The van der Waals surface area contributed by atoms with E-state index in [0.717, 1.165) is 38.9 Å². The number of hydrogen-bond donors (Lipinski definition) is 0. The Balaban J connectivity index is 1.09. The molecule has 1 heterocycles. The van der Waals surface area contributed by atoms with E-state index in [0.29, 0.717) is 5.82 Å². The summed E-state index contributed by atoms with van der Waals surface area (Å²) in [5.41, 5.74) is 14.5. The van der Waals surface area contributed by atoms with Gasteiger partial charge in [-0.15, -0.1) is 0 Å². The molecule has 0 saturated heterocycles. The average Bonchev–Trinajstić information content (AvgIpc) is 3.65. The molecule has 0 spiro atoms. The number of hydrogen-bond acceptors (Lipinski definition) is 2. The molecule has 2 nitrogen and oxygen atoms in total. The van der Waals surface area contributed by atoms with Gasteiger partial charge in [-0.1, -0.05) is 212 Å². The Bertz CT molecular complexity index is 3430. The molecule has 1 aliphatic rings. The van der Waals surface area contributed by atoms with Crippen molar-refractivity contribution in [1.82, 2.24) is 9.97 Å². The molecule has 0 amide bonds. The maximum absolute atomic E-state index is 5.43. The van der Waals surface area contributed by atoms with E-state index in [2.05, 4.69) is 231 Å². The van der Waals surface area contributed by atoms with Crippen LogP contribution in [0.4, 0.5) is 0 Å². The van der Waals surface area contributed by atoms with Gasteiger partial charge in [0.05, 0.1) is 16.8 Å². The van der Waals surface area contributed by atoms with Crippen molar-refractivity contribution in [2.45, 2.75) is 5.41 Å². The van der Waals surface area contributed by atoms with E-state index in [1.807, 2.05) is 0 Å². The molecule has 12 rings (SSSR count). The number of fused-ring (bicyclic) bond motifs is 6. The summed E-state index contributed by atoms with van der Waals surface area (Å²) in [6.45, 7) is 0. The van der Waals surface area contributed by atoms with Crippen LogP contribution >= 0.6 is 0 Å². The fraction of sp³-hybridized carbons (Fsp3) is 0.0169. The third-order valence-electron chi connectivity index (χ3n) is 12.8. The zero-order valence-electron chi connectivity index (χ0n) is 33.3. The molecule has 0 saturated carbocycles. The van der Waals surface area contributed by atoms with E-state index in [1.54, 1.807) is 0 Å². The molecular formula is C59H38N2. The highest BCUT2D eigenvalue weighted by Crippen LogP contribution is 2.58. The van der Waals surface area contributed by atoms with Gasteiger partial charge in [0.2, 0.25) is 0 Å². The SMILES string of the molecule is c1ccc(C2(c3ccccc3)c3ccccc3-c3c(-c4ccc(-c5nc(-c6ccc7ccccc7c6)cc(-c6cccc7ccccc67)n5)c5ccccc45)cccc32)cc1. The molecule has 0 bridgehead atoms. The van der Waals surface area contributed by atoms with Crippen LogP contribution in [0, 0.1) is 0 Å². The van der Waals surface area contributed by atoms with Crippen LogP contribution in [0.25, 0.3) is 88.5 Å². The van der Waals surface area contributed by atoms with Gasteiger partial charge in [-0.05, 0) is 95.0 Å². The average molecular weight is 775 g/mol. The van der Waals surface area contributed by atoms with Gasteiger partial charge in [0.25, 0.3) is 0 Å². The van der Waals surface area contributed by atoms with Crippen molar-refractivity contribution in [1.29, 1.82) is 0 Å². The monoisotopic (exact) mass is 774 g/mol. The van der Waals surface area contributed by atoms with Crippen molar-refractivity contribution in [3.05, 3.63) is 253 Å². The summed E-state index contributed by atoms with van der Waals surface area (Å²) in [6.07, 6.45) is 0. The largest absolute Gasteiger partial charge is 0.228 e.